The smallest absolute Gasteiger partial charge is 0.163 e. The molecule has 0 N–H and O–H groups in total. The van der Waals surface area contributed by atoms with Crippen molar-refractivity contribution in [1.82, 2.24) is 0 Å². The molecule has 2 aliphatic rings. The molecule has 0 aromatic heterocycles. The summed E-state index contributed by atoms with van der Waals surface area (Å²) in [6.07, 6.45) is 7.87. The van der Waals surface area contributed by atoms with E-state index in [2.05, 4.69) is 19.1 Å². The number of methoxy groups -OCH3 is 2. The number of rotatable bonds is 3. The van der Waals surface area contributed by atoms with Crippen LogP contribution in [0.5, 0.6) is 0 Å². The molecule has 2 nitrogen and oxygen atoms in total. The Hall–Kier alpha value is -1.18. The van der Waals surface area contributed by atoms with E-state index in [1.54, 1.807) is 14.2 Å². The zero-order valence-corrected chi connectivity index (χ0v) is 9.67. The topological polar surface area (TPSA) is 18.5 Å². The molecule has 2 aliphatic carbocycles. The van der Waals surface area contributed by atoms with E-state index in [9.17, 15) is 0 Å². The van der Waals surface area contributed by atoms with Crippen LogP contribution >= 0.6 is 0 Å². The molecule has 15 heavy (non-hydrogen) atoms. The average Bonchev–Trinajstić information content (AvgIpc) is 2.75. The van der Waals surface area contributed by atoms with E-state index >= 15 is 0 Å². The Morgan fingerprint density at radius 1 is 1.33 bits per heavy atom. The fraction of sp³-hybridized carbons (Fsp3) is 0.538. The number of ether oxygens (including phenoxy) is 2. The first-order valence-corrected chi connectivity index (χ1v) is 5.55. The van der Waals surface area contributed by atoms with Gasteiger partial charge in [0.05, 0.1) is 14.2 Å². The van der Waals surface area contributed by atoms with Crippen molar-refractivity contribution >= 4 is 0 Å². The molecule has 1 atom stereocenters. The minimum absolute atomic E-state index is 0.511. The Labute approximate surface area is 91.3 Å². The zero-order chi connectivity index (χ0) is 10.8. The van der Waals surface area contributed by atoms with E-state index in [1.165, 1.54) is 11.1 Å². The highest BCUT2D eigenvalue weighted by Crippen LogP contribution is 2.41. The van der Waals surface area contributed by atoms with Gasteiger partial charge in [-0.1, -0.05) is 13.0 Å². The summed E-state index contributed by atoms with van der Waals surface area (Å²) in [6.45, 7) is 2.21. The summed E-state index contributed by atoms with van der Waals surface area (Å²) < 4.78 is 10.8. The van der Waals surface area contributed by atoms with E-state index in [0.717, 1.165) is 30.8 Å². The maximum Gasteiger partial charge on any atom is 0.163 e. The van der Waals surface area contributed by atoms with Crippen molar-refractivity contribution in [3.05, 3.63) is 34.8 Å². The normalized spacial score (nSPS) is 24.6. The lowest BCUT2D eigenvalue weighted by molar-refractivity contribution is 0.211. The van der Waals surface area contributed by atoms with Crippen molar-refractivity contribution in [2.75, 3.05) is 14.2 Å². The maximum absolute atomic E-state index is 5.45. The highest BCUT2D eigenvalue weighted by atomic mass is 16.5. The summed E-state index contributed by atoms with van der Waals surface area (Å²) in [4.78, 5) is 0. The molecule has 82 valence electrons. The predicted molar refractivity (Wildman–Crippen MR) is 60.2 cm³/mol. The van der Waals surface area contributed by atoms with Gasteiger partial charge in [-0.05, 0) is 30.9 Å². The summed E-state index contributed by atoms with van der Waals surface area (Å²) in [5, 5.41) is 0. The number of fused-ring (bicyclic) bond motifs is 1. The Morgan fingerprint density at radius 3 is 2.73 bits per heavy atom. The van der Waals surface area contributed by atoms with Crippen LogP contribution in [0.3, 0.4) is 0 Å². The lowest BCUT2D eigenvalue weighted by Crippen LogP contribution is -2.12. The molecular formula is C13H18O2. The first-order valence-electron chi connectivity index (χ1n) is 5.55. The molecule has 0 bridgehead atoms. The molecule has 0 saturated heterocycles. The third kappa shape index (κ3) is 1.58. The minimum Gasteiger partial charge on any atom is -0.493 e. The van der Waals surface area contributed by atoms with Crippen molar-refractivity contribution in [2.45, 2.75) is 26.2 Å². The van der Waals surface area contributed by atoms with E-state index in [1.807, 2.05) is 0 Å². The van der Waals surface area contributed by atoms with Gasteiger partial charge < -0.3 is 9.47 Å². The monoisotopic (exact) mass is 206 g/mol. The van der Waals surface area contributed by atoms with Crippen molar-refractivity contribution in [2.24, 2.45) is 5.92 Å². The second-order valence-electron chi connectivity index (χ2n) is 3.96. The summed E-state index contributed by atoms with van der Waals surface area (Å²) >= 11 is 0. The second-order valence-corrected chi connectivity index (χ2v) is 3.96. The Morgan fingerprint density at radius 2 is 2.13 bits per heavy atom. The molecule has 0 heterocycles. The Bertz CT molecular complexity index is 348. The molecule has 0 radical (unpaired) electrons. The lowest BCUT2D eigenvalue weighted by Gasteiger charge is -2.24. The van der Waals surface area contributed by atoms with Crippen LogP contribution in [0.25, 0.3) is 0 Å². The van der Waals surface area contributed by atoms with Crippen LogP contribution in [0.15, 0.2) is 34.8 Å². The van der Waals surface area contributed by atoms with Crippen molar-refractivity contribution < 1.29 is 9.47 Å². The predicted octanol–water partition coefficient (Wildman–Crippen LogP) is 3.18. The molecule has 0 aromatic carbocycles. The zero-order valence-electron chi connectivity index (χ0n) is 9.67. The molecule has 0 saturated carbocycles. The summed E-state index contributed by atoms with van der Waals surface area (Å²) in [7, 11) is 3.43. The third-order valence-electron chi connectivity index (χ3n) is 3.22. The molecule has 0 spiro atoms. The highest BCUT2D eigenvalue weighted by Gasteiger charge is 2.29. The maximum atomic E-state index is 5.45. The fourth-order valence-corrected chi connectivity index (χ4v) is 2.48. The van der Waals surface area contributed by atoms with Crippen LogP contribution in [0.4, 0.5) is 0 Å². The van der Waals surface area contributed by atoms with E-state index in [4.69, 9.17) is 9.47 Å². The molecule has 1 unspecified atom stereocenters. The first kappa shape index (κ1) is 10.3. The van der Waals surface area contributed by atoms with E-state index < -0.39 is 0 Å². The third-order valence-corrected chi connectivity index (χ3v) is 3.22. The van der Waals surface area contributed by atoms with E-state index in [0.29, 0.717) is 5.92 Å². The molecule has 0 fully saturated rings. The van der Waals surface area contributed by atoms with Crippen molar-refractivity contribution in [3.63, 3.8) is 0 Å². The lowest BCUT2D eigenvalue weighted by atomic mass is 9.86. The Balaban J connectivity index is 2.43. The van der Waals surface area contributed by atoms with Gasteiger partial charge >= 0.3 is 0 Å². The summed E-state index contributed by atoms with van der Waals surface area (Å²) in [6, 6.07) is 0. The van der Waals surface area contributed by atoms with E-state index in [-0.39, 0.29) is 0 Å². The minimum atomic E-state index is 0.511. The molecule has 0 aliphatic heterocycles. The summed E-state index contributed by atoms with van der Waals surface area (Å²) in [5.74, 6) is 2.35. The first-order chi connectivity index (χ1) is 7.31. The Kier molecular flexibility index (Phi) is 2.85. The molecule has 0 amide bonds. The van der Waals surface area contributed by atoms with Crippen molar-refractivity contribution in [3.8, 4) is 0 Å². The number of allylic oxidation sites excluding steroid dienone is 4. The van der Waals surface area contributed by atoms with Crippen LogP contribution in [-0.4, -0.2) is 14.2 Å². The van der Waals surface area contributed by atoms with Crippen LogP contribution in [-0.2, 0) is 9.47 Å². The number of hydrogen-bond donors (Lipinski definition) is 0. The van der Waals surface area contributed by atoms with Gasteiger partial charge in [-0.3, -0.25) is 0 Å². The molecular weight excluding hydrogens is 188 g/mol. The quantitative estimate of drug-likeness (QED) is 0.706. The van der Waals surface area contributed by atoms with Gasteiger partial charge in [0.1, 0.15) is 0 Å². The van der Waals surface area contributed by atoms with Crippen LogP contribution in [0, 0.1) is 5.92 Å². The number of hydrogen-bond acceptors (Lipinski definition) is 2. The highest BCUT2D eigenvalue weighted by molar-refractivity contribution is 5.50. The van der Waals surface area contributed by atoms with Gasteiger partial charge in [-0.15, -0.1) is 0 Å². The molecule has 2 heteroatoms. The van der Waals surface area contributed by atoms with Gasteiger partial charge in [-0.2, -0.15) is 0 Å². The molecule has 2 rings (SSSR count). The standard InChI is InChI=1S/C13H18O2/c1-4-9-8-12(14-2)13(15-3)11-7-5-6-10(9)11/h6,8-9H,4-5,7H2,1-3H3. The average molecular weight is 206 g/mol. The fourth-order valence-electron chi connectivity index (χ4n) is 2.48. The largest absolute Gasteiger partial charge is 0.493 e. The van der Waals surface area contributed by atoms with Gasteiger partial charge in [-0.25, -0.2) is 0 Å². The van der Waals surface area contributed by atoms with Gasteiger partial charge in [0, 0.05) is 11.5 Å². The SMILES string of the molecule is CCC1C=C(OC)C(OC)=C2CCC=C21. The van der Waals surface area contributed by atoms with Gasteiger partial charge in [0.25, 0.3) is 0 Å². The second kappa shape index (κ2) is 4.13. The van der Waals surface area contributed by atoms with Crippen molar-refractivity contribution in [1.29, 1.82) is 0 Å². The van der Waals surface area contributed by atoms with Crippen LogP contribution in [0.1, 0.15) is 26.2 Å². The molecule has 0 aromatic rings. The van der Waals surface area contributed by atoms with Crippen LogP contribution in [0.2, 0.25) is 0 Å². The van der Waals surface area contributed by atoms with Gasteiger partial charge in [0.15, 0.2) is 11.5 Å². The van der Waals surface area contributed by atoms with Crippen LogP contribution < -0.4 is 0 Å². The summed E-state index contributed by atoms with van der Waals surface area (Å²) in [5.41, 5.74) is 2.80. The van der Waals surface area contributed by atoms with Gasteiger partial charge in [0.2, 0.25) is 0 Å².